The Morgan fingerprint density at radius 1 is 1.32 bits per heavy atom. The van der Waals surface area contributed by atoms with Crippen LogP contribution in [0.3, 0.4) is 0 Å². The molecule has 1 atom stereocenters. The predicted molar refractivity (Wildman–Crippen MR) is 75.6 cm³/mol. The maximum Gasteiger partial charge on any atom is 0.0991 e. The van der Waals surface area contributed by atoms with Gasteiger partial charge in [-0.3, -0.25) is 4.90 Å². The summed E-state index contributed by atoms with van der Waals surface area (Å²) in [6.45, 7) is 3.31. The molecule has 1 saturated heterocycles. The standard InChI is InChI=1S/C16H21N3/c17-10-13-3-1-4-14(9-13)11-19(16-6-7-16)12-15-5-2-8-18-15/h1,3-4,9,15-16,18H,2,5-8,11-12H2. The van der Waals surface area contributed by atoms with Crippen LogP contribution in [-0.4, -0.2) is 30.1 Å². The summed E-state index contributed by atoms with van der Waals surface area (Å²) in [5, 5.41) is 12.6. The average Bonchev–Trinajstić information content (AvgIpc) is 3.17. The Labute approximate surface area is 115 Å². The Morgan fingerprint density at radius 2 is 2.21 bits per heavy atom. The molecule has 3 rings (SSSR count). The summed E-state index contributed by atoms with van der Waals surface area (Å²) >= 11 is 0. The molecule has 0 bridgehead atoms. The van der Waals surface area contributed by atoms with Crippen molar-refractivity contribution in [3.8, 4) is 6.07 Å². The lowest BCUT2D eigenvalue weighted by molar-refractivity contribution is 0.231. The zero-order valence-corrected chi connectivity index (χ0v) is 11.3. The molecule has 3 heteroatoms. The third kappa shape index (κ3) is 3.34. The Morgan fingerprint density at radius 3 is 2.89 bits per heavy atom. The van der Waals surface area contributed by atoms with Crippen LogP contribution in [-0.2, 0) is 6.54 Å². The van der Waals surface area contributed by atoms with Crippen molar-refractivity contribution in [2.24, 2.45) is 0 Å². The second kappa shape index (κ2) is 5.73. The summed E-state index contributed by atoms with van der Waals surface area (Å²) in [6.07, 6.45) is 5.30. The topological polar surface area (TPSA) is 39.1 Å². The van der Waals surface area contributed by atoms with E-state index in [4.69, 9.17) is 5.26 Å². The first-order chi connectivity index (χ1) is 9.35. The average molecular weight is 255 g/mol. The molecule has 0 aromatic heterocycles. The molecule has 0 spiro atoms. The van der Waals surface area contributed by atoms with E-state index in [1.807, 2.05) is 18.2 Å². The Kier molecular flexibility index (Phi) is 3.82. The molecule has 3 nitrogen and oxygen atoms in total. The minimum Gasteiger partial charge on any atom is -0.313 e. The number of nitriles is 1. The highest BCUT2D eigenvalue weighted by molar-refractivity contribution is 5.32. The van der Waals surface area contributed by atoms with Gasteiger partial charge in [-0.05, 0) is 49.9 Å². The fraction of sp³-hybridized carbons (Fsp3) is 0.562. The highest BCUT2D eigenvalue weighted by atomic mass is 15.2. The SMILES string of the molecule is N#Cc1cccc(CN(CC2CCCN2)C2CC2)c1. The van der Waals surface area contributed by atoms with Gasteiger partial charge < -0.3 is 5.32 Å². The van der Waals surface area contributed by atoms with Crippen molar-refractivity contribution in [3.05, 3.63) is 35.4 Å². The van der Waals surface area contributed by atoms with Crippen LogP contribution in [0.2, 0.25) is 0 Å². The maximum absolute atomic E-state index is 8.97. The molecule has 2 aliphatic rings. The number of nitrogens with zero attached hydrogens (tertiary/aromatic N) is 2. The lowest BCUT2D eigenvalue weighted by Gasteiger charge is -2.25. The highest BCUT2D eigenvalue weighted by Crippen LogP contribution is 2.29. The van der Waals surface area contributed by atoms with Crippen LogP contribution in [0, 0.1) is 11.3 Å². The molecule has 100 valence electrons. The molecule has 1 aliphatic carbocycles. The molecule has 0 amide bonds. The van der Waals surface area contributed by atoms with E-state index < -0.39 is 0 Å². The first kappa shape index (κ1) is 12.7. The number of nitrogens with one attached hydrogen (secondary N) is 1. The lowest BCUT2D eigenvalue weighted by atomic mass is 10.1. The van der Waals surface area contributed by atoms with Gasteiger partial charge in [0.05, 0.1) is 11.6 Å². The number of benzene rings is 1. The quantitative estimate of drug-likeness (QED) is 0.877. The molecule has 1 aromatic rings. The largest absolute Gasteiger partial charge is 0.313 e. The van der Waals surface area contributed by atoms with Crippen molar-refractivity contribution in [1.29, 1.82) is 5.26 Å². The van der Waals surface area contributed by atoms with Crippen LogP contribution in [0.1, 0.15) is 36.8 Å². The van der Waals surface area contributed by atoms with Gasteiger partial charge in [0.1, 0.15) is 0 Å². The van der Waals surface area contributed by atoms with Crippen LogP contribution in [0.25, 0.3) is 0 Å². The normalized spacial score (nSPS) is 22.6. The first-order valence-corrected chi connectivity index (χ1v) is 7.31. The van der Waals surface area contributed by atoms with Gasteiger partial charge in [0.25, 0.3) is 0 Å². The zero-order valence-electron chi connectivity index (χ0n) is 11.3. The molecular weight excluding hydrogens is 234 g/mol. The van der Waals surface area contributed by atoms with Crippen molar-refractivity contribution in [3.63, 3.8) is 0 Å². The van der Waals surface area contributed by atoms with Crippen molar-refractivity contribution in [1.82, 2.24) is 10.2 Å². The second-order valence-corrected chi connectivity index (χ2v) is 5.77. The van der Waals surface area contributed by atoms with Gasteiger partial charge in [0, 0.05) is 25.2 Å². The molecule has 1 aromatic carbocycles. The molecule has 1 heterocycles. The van der Waals surface area contributed by atoms with Crippen molar-refractivity contribution in [2.75, 3.05) is 13.1 Å². The fourth-order valence-electron chi connectivity index (χ4n) is 2.95. The van der Waals surface area contributed by atoms with E-state index in [9.17, 15) is 0 Å². The Hall–Kier alpha value is -1.37. The number of rotatable bonds is 5. The van der Waals surface area contributed by atoms with Crippen LogP contribution in [0.5, 0.6) is 0 Å². The van der Waals surface area contributed by atoms with E-state index in [0.29, 0.717) is 6.04 Å². The molecule has 1 aliphatic heterocycles. The maximum atomic E-state index is 8.97. The third-order valence-corrected chi connectivity index (χ3v) is 4.12. The molecule has 1 saturated carbocycles. The summed E-state index contributed by atoms with van der Waals surface area (Å²) in [6, 6.07) is 11.7. The summed E-state index contributed by atoms with van der Waals surface area (Å²) in [5.74, 6) is 0. The van der Waals surface area contributed by atoms with Gasteiger partial charge in [0.2, 0.25) is 0 Å². The van der Waals surface area contributed by atoms with E-state index in [1.165, 1.54) is 37.8 Å². The molecule has 19 heavy (non-hydrogen) atoms. The van der Waals surface area contributed by atoms with Crippen LogP contribution in [0.15, 0.2) is 24.3 Å². The fourth-order valence-corrected chi connectivity index (χ4v) is 2.95. The molecule has 0 radical (unpaired) electrons. The van der Waals surface area contributed by atoms with E-state index in [1.54, 1.807) is 0 Å². The smallest absolute Gasteiger partial charge is 0.0991 e. The van der Waals surface area contributed by atoms with Crippen molar-refractivity contribution < 1.29 is 0 Å². The molecule has 1 N–H and O–H groups in total. The van der Waals surface area contributed by atoms with E-state index in [2.05, 4.69) is 22.4 Å². The summed E-state index contributed by atoms with van der Waals surface area (Å²) < 4.78 is 0. The van der Waals surface area contributed by atoms with E-state index in [-0.39, 0.29) is 0 Å². The van der Waals surface area contributed by atoms with Gasteiger partial charge in [-0.2, -0.15) is 5.26 Å². The third-order valence-electron chi connectivity index (χ3n) is 4.12. The monoisotopic (exact) mass is 255 g/mol. The minimum absolute atomic E-state index is 0.666. The number of hydrogen-bond acceptors (Lipinski definition) is 3. The van der Waals surface area contributed by atoms with Gasteiger partial charge >= 0.3 is 0 Å². The zero-order chi connectivity index (χ0) is 13.1. The van der Waals surface area contributed by atoms with Gasteiger partial charge in [-0.25, -0.2) is 0 Å². The Bertz CT molecular complexity index is 467. The molecular formula is C16H21N3. The van der Waals surface area contributed by atoms with Gasteiger partial charge in [-0.1, -0.05) is 12.1 Å². The second-order valence-electron chi connectivity index (χ2n) is 5.77. The highest BCUT2D eigenvalue weighted by Gasteiger charge is 2.31. The molecule has 2 fully saturated rings. The summed E-state index contributed by atoms with van der Waals surface area (Å²) in [4.78, 5) is 2.60. The van der Waals surface area contributed by atoms with Crippen LogP contribution < -0.4 is 5.32 Å². The lowest BCUT2D eigenvalue weighted by Crippen LogP contribution is -2.38. The minimum atomic E-state index is 0.666. The van der Waals surface area contributed by atoms with Crippen LogP contribution >= 0.6 is 0 Å². The van der Waals surface area contributed by atoms with Crippen molar-refractivity contribution in [2.45, 2.75) is 44.3 Å². The summed E-state index contributed by atoms with van der Waals surface area (Å²) in [7, 11) is 0. The van der Waals surface area contributed by atoms with Crippen molar-refractivity contribution >= 4 is 0 Å². The summed E-state index contributed by atoms with van der Waals surface area (Å²) in [5.41, 5.74) is 2.04. The van der Waals surface area contributed by atoms with Gasteiger partial charge in [-0.15, -0.1) is 0 Å². The van der Waals surface area contributed by atoms with Crippen LogP contribution in [0.4, 0.5) is 0 Å². The Balaban J connectivity index is 1.65. The molecule has 1 unspecified atom stereocenters. The number of hydrogen-bond donors (Lipinski definition) is 1. The predicted octanol–water partition coefficient (Wildman–Crippen LogP) is 2.27. The van der Waals surface area contributed by atoms with E-state index >= 15 is 0 Å². The van der Waals surface area contributed by atoms with E-state index in [0.717, 1.165) is 24.7 Å². The van der Waals surface area contributed by atoms with Gasteiger partial charge in [0.15, 0.2) is 0 Å². The first-order valence-electron chi connectivity index (χ1n) is 7.31.